The highest BCUT2D eigenvalue weighted by atomic mass is 16.4. The van der Waals surface area contributed by atoms with E-state index in [1.54, 1.807) is 0 Å². The summed E-state index contributed by atoms with van der Waals surface area (Å²) in [4.78, 5) is 23.6. The van der Waals surface area contributed by atoms with Gasteiger partial charge in [0, 0.05) is 6.54 Å². The van der Waals surface area contributed by atoms with Gasteiger partial charge in [-0.2, -0.15) is 0 Å². The fraction of sp³-hybridized carbons (Fsp3) is 0.733. The molecule has 0 aromatic rings. The molecule has 0 radical (unpaired) electrons. The zero-order valence-corrected chi connectivity index (χ0v) is 12.1. The summed E-state index contributed by atoms with van der Waals surface area (Å²) in [6.07, 6.45) is 11.1. The molecule has 5 heteroatoms. The Balaban J connectivity index is 2.27. The third-order valence-electron chi connectivity index (χ3n) is 3.86. The lowest BCUT2D eigenvalue weighted by atomic mass is 9.81. The van der Waals surface area contributed by atoms with E-state index in [4.69, 9.17) is 11.5 Å². The number of carbonyl (C=O) groups is 2. The molecule has 1 saturated carbocycles. The third-order valence-corrected chi connectivity index (χ3v) is 3.86. The van der Waals surface area contributed by atoms with Crippen molar-refractivity contribution in [1.82, 2.24) is 10.2 Å². The van der Waals surface area contributed by atoms with Crippen molar-refractivity contribution in [2.24, 2.45) is 11.8 Å². The van der Waals surface area contributed by atoms with Gasteiger partial charge in [-0.3, -0.25) is 4.79 Å². The second-order valence-electron chi connectivity index (χ2n) is 5.60. The largest absolute Gasteiger partial charge is 0.480 e. The first-order valence-electron chi connectivity index (χ1n) is 7.21. The highest BCUT2D eigenvalue weighted by Crippen LogP contribution is 2.29. The van der Waals surface area contributed by atoms with Crippen LogP contribution in [0.5, 0.6) is 0 Å². The Hall–Kier alpha value is -1.70. The minimum Gasteiger partial charge on any atom is -0.480 e. The molecular formula is C15H24N2O3. The summed E-state index contributed by atoms with van der Waals surface area (Å²) in [5.74, 6) is 2.74. The zero-order chi connectivity index (χ0) is 15.0. The molecule has 0 unspecified atom stereocenters. The van der Waals surface area contributed by atoms with Gasteiger partial charge in [-0.1, -0.05) is 38.5 Å². The van der Waals surface area contributed by atoms with Crippen molar-refractivity contribution in [2.75, 3.05) is 19.6 Å². The van der Waals surface area contributed by atoms with E-state index in [-0.39, 0.29) is 13.1 Å². The quantitative estimate of drug-likeness (QED) is 0.730. The summed E-state index contributed by atoms with van der Waals surface area (Å²) in [6.45, 7) is 2.51. The number of nitrogens with one attached hydrogen (secondary N) is 1. The fourth-order valence-corrected chi connectivity index (χ4v) is 2.59. The van der Waals surface area contributed by atoms with Gasteiger partial charge in [0.05, 0.1) is 6.54 Å². The number of carbonyl (C=O) groups excluding carboxylic acids is 1. The predicted molar refractivity (Wildman–Crippen MR) is 77.2 cm³/mol. The number of carboxylic acid groups (broad SMARTS) is 1. The number of amides is 2. The lowest BCUT2D eigenvalue weighted by Crippen LogP contribution is -2.43. The van der Waals surface area contributed by atoms with Crippen LogP contribution in [0, 0.1) is 24.2 Å². The van der Waals surface area contributed by atoms with Gasteiger partial charge in [-0.05, 0) is 18.3 Å². The minimum absolute atomic E-state index is 0.0130. The maximum absolute atomic E-state index is 11.8. The van der Waals surface area contributed by atoms with E-state index in [0.717, 1.165) is 17.2 Å². The van der Waals surface area contributed by atoms with E-state index in [0.29, 0.717) is 12.5 Å². The molecule has 1 aliphatic carbocycles. The van der Waals surface area contributed by atoms with Crippen LogP contribution in [0.25, 0.3) is 0 Å². The Labute approximate surface area is 120 Å². The van der Waals surface area contributed by atoms with Gasteiger partial charge >= 0.3 is 12.0 Å². The molecule has 1 rings (SSSR count). The smallest absolute Gasteiger partial charge is 0.323 e. The molecule has 20 heavy (non-hydrogen) atoms. The number of aliphatic carboxylic acids is 1. The van der Waals surface area contributed by atoms with Gasteiger partial charge < -0.3 is 15.3 Å². The second kappa shape index (κ2) is 8.47. The van der Waals surface area contributed by atoms with E-state index >= 15 is 0 Å². The maximum Gasteiger partial charge on any atom is 0.323 e. The van der Waals surface area contributed by atoms with E-state index in [1.807, 2.05) is 0 Å². The van der Waals surface area contributed by atoms with Crippen molar-refractivity contribution >= 4 is 12.0 Å². The van der Waals surface area contributed by atoms with E-state index in [9.17, 15) is 9.59 Å². The molecular weight excluding hydrogens is 256 g/mol. The summed E-state index contributed by atoms with van der Waals surface area (Å²) in [5, 5.41) is 11.5. The molecule has 0 bridgehead atoms. The fourth-order valence-electron chi connectivity index (χ4n) is 2.59. The van der Waals surface area contributed by atoms with Crippen LogP contribution in [-0.4, -0.2) is 41.6 Å². The summed E-state index contributed by atoms with van der Waals surface area (Å²) in [7, 11) is 0. The second-order valence-corrected chi connectivity index (χ2v) is 5.60. The molecule has 0 spiro atoms. The number of terminal acetylenes is 1. The Kier molecular flexibility index (Phi) is 6.92. The van der Waals surface area contributed by atoms with Crippen LogP contribution in [0.1, 0.15) is 39.0 Å². The van der Waals surface area contributed by atoms with Crippen molar-refractivity contribution in [3.8, 4) is 12.3 Å². The normalized spacial score (nSPS) is 21.8. The average molecular weight is 280 g/mol. The van der Waals surface area contributed by atoms with Crippen molar-refractivity contribution < 1.29 is 14.7 Å². The summed E-state index contributed by atoms with van der Waals surface area (Å²) in [5.41, 5.74) is 0. The Morgan fingerprint density at radius 1 is 1.35 bits per heavy atom. The molecule has 0 aromatic heterocycles. The molecule has 0 heterocycles. The third kappa shape index (κ3) is 5.96. The molecule has 2 N–H and O–H groups in total. The van der Waals surface area contributed by atoms with Crippen LogP contribution in [0.3, 0.4) is 0 Å². The van der Waals surface area contributed by atoms with Gasteiger partial charge in [0.2, 0.25) is 0 Å². The SMILES string of the molecule is C#CCN(CC(=O)O)C(=O)NCCC1CCC(C)CC1. The predicted octanol–water partition coefficient (Wildman–Crippen LogP) is 1.93. The number of nitrogens with zero attached hydrogens (tertiary/aromatic N) is 1. The van der Waals surface area contributed by atoms with Crippen LogP contribution in [0.2, 0.25) is 0 Å². The standard InChI is InChI=1S/C15H24N2O3/c1-3-10-17(11-14(18)19)15(20)16-9-8-13-6-4-12(2)5-7-13/h1,12-13H,4-11H2,2H3,(H,16,20)(H,18,19). The Bertz CT molecular complexity index is 368. The topological polar surface area (TPSA) is 69.6 Å². The monoisotopic (exact) mass is 280 g/mol. The number of rotatable bonds is 6. The van der Waals surface area contributed by atoms with Crippen LogP contribution in [0.4, 0.5) is 4.79 Å². The molecule has 112 valence electrons. The molecule has 2 amide bonds. The number of carboxylic acids is 1. The maximum atomic E-state index is 11.8. The summed E-state index contributed by atoms with van der Waals surface area (Å²) >= 11 is 0. The van der Waals surface area contributed by atoms with Gasteiger partial charge in [0.1, 0.15) is 6.54 Å². The molecule has 1 fully saturated rings. The van der Waals surface area contributed by atoms with Gasteiger partial charge in [-0.25, -0.2) is 4.79 Å². The molecule has 1 aliphatic rings. The summed E-state index contributed by atoms with van der Waals surface area (Å²) < 4.78 is 0. The van der Waals surface area contributed by atoms with Crippen LogP contribution >= 0.6 is 0 Å². The van der Waals surface area contributed by atoms with Crippen molar-refractivity contribution in [3.63, 3.8) is 0 Å². The van der Waals surface area contributed by atoms with Crippen LogP contribution in [0.15, 0.2) is 0 Å². The highest BCUT2D eigenvalue weighted by Gasteiger charge is 2.19. The van der Waals surface area contributed by atoms with E-state index < -0.39 is 12.0 Å². The van der Waals surface area contributed by atoms with Crippen molar-refractivity contribution in [1.29, 1.82) is 0 Å². The summed E-state index contributed by atoms with van der Waals surface area (Å²) in [6, 6.07) is -0.394. The minimum atomic E-state index is -1.06. The van der Waals surface area contributed by atoms with Gasteiger partial charge in [-0.15, -0.1) is 6.42 Å². The zero-order valence-electron chi connectivity index (χ0n) is 12.1. The Morgan fingerprint density at radius 3 is 2.55 bits per heavy atom. The number of hydrogen-bond acceptors (Lipinski definition) is 2. The first-order valence-corrected chi connectivity index (χ1v) is 7.21. The average Bonchev–Trinajstić information content (AvgIpc) is 2.40. The van der Waals surface area contributed by atoms with Gasteiger partial charge in [0.25, 0.3) is 0 Å². The Morgan fingerprint density at radius 2 is 2.00 bits per heavy atom. The number of hydrogen-bond donors (Lipinski definition) is 2. The lowest BCUT2D eigenvalue weighted by Gasteiger charge is -2.26. The molecule has 0 aromatic carbocycles. The van der Waals surface area contributed by atoms with Crippen LogP contribution < -0.4 is 5.32 Å². The van der Waals surface area contributed by atoms with E-state index in [2.05, 4.69) is 18.2 Å². The van der Waals surface area contributed by atoms with Crippen LogP contribution in [-0.2, 0) is 4.79 Å². The van der Waals surface area contributed by atoms with Crippen molar-refractivity contribution in [3.05, 3.63) is 0 Å². The number of urea groups is 1. The molecule has 0 atom stereocenters. The van der Waals surface area contributed by atoms with Gasteiger partial charge in [0.15, 0.2) is 0 Å². The molecule has 0 saturated heterocycles. The lowest BCUT2D eigenvalue weighted by molar-refractivity contribution is -0.137. The first-order chi connectivity index (χ1) is 9.52. The molecule has 0 aliphatic heterocycles. The highest BCUT2D eigenvalue weighted by molar-refractivity contribution is 5.80. The van der Waals surface area contributed by atoms with E-state index in [1.165, 1.54) is 25.7 Å². The van der Waals surface area contributed by atoms with Crippen molar-refractivity contribution in [2.45, 2.75) is 39.0 Å². The molecule has 5 nitrogen and oxygen atoms in total. The first kappa shape index (κ1) is 16.4.